The summed E-state index contributed by atoms with van der Waals surface area (Å²) >= 11 is 0. The van der Waals surface area contributed by atoms with E-state index >= 15 is 0 Å². The monoisotopic (exact) mass is 165 g/mol. The fourth-order valence-corrected chi connectivity index (χ4v) is 1.13. The maximum atomic E-state index is 9.48. The summed E-state index contributed by atoms with van der Waals surface area (Å²) in [5.74, 6) is 0.333. The van der Waals surface area contributed by atoms with Gasteiger partial charge in [0.15, 0.2) is 0 Å². The lowest BCUT2D eigenvalue weighted by Gasteiger charge is -2.08. The van der Waals surface area contributed by atoms with Crippen molar-refractivity contribution in [1.29, 1.82) is 0 Å². The number of phenols is 1. The second kappa shape index (κ2) is 3.48. The molecular weight excluding hydrogens is 150 g/mol. The highest BCUT2D eigenvalue weighted by Gasteiger charge is 2.01. The number of phenolic OH excluding ortho intramolecular Hbond substituents is 1. The van der Waals surface area contributed by atoms with Gasteiger partial charge in [-0.15, -0.1) is 0 Å². The Labute approximate surface area is 73.2 Å². The number of hydrogen-bond donors (Lipinski definition) is 2. The first-order valence-corrected chi connectivity index (χ1v) is 4.19. The minimum Gasteiger partial charge on any atom is -0.506 e. The van der Waals surface area contributed by atoms with Crippen LogP contribution in [-0.4, -0.2) is 11.7 Å². The van der Waals surface area contributed by atoms with Crippen LogP contribution in [0, 0.1) is 13.8 Å². The molecule has 0 fully saturated rings. The van der Waals surface area contributed by atoms with E-state index in [9.17, 15) is 5.11 Å². The Hall–Kier alpha value is -1.18. The van der Waals surface area contributed by atoms with Gasteiger partial charge in [0.1, 0.15) is 5.75 Å². The summed E-state index contributed by atoms with van der Waals surface area (Å²) in [6, 6.07) is 3.75. The van der Waals surface area contributed by atoms with Gasteiger partial charge in [0.05, 0.1) is 5.69 Å². The smallest absolute Gasteiger partial charge is 0.138 e. The molecule has 0 aliphatic heterocycles. The standard InChI is InChI=1S/C10H15NO/c1-4-11-9-5-7(2)8(3)6-10(9)12/h5-6,11-12H,4H2,1-3H3. The molecule has 0 amide bonds. The quantitative estimate of drug-likeness (QED) is 0.660. The van der Waals surface area contributed by atoms with Crippen LogP contribution in [0.5, 0.6) is 5.75 Å². The average molecular weight is 165 g/mol. The van der Waals surface area contributed by atoms with Gasteiger partial charge in [-0.1, -0.05) is 0 Å². The van der Waals surface area contributed by atoms with Crippen LogP contribution in [-0.2, 0) is 0 Å². The third-order valence-electron chi connectivity index (χ3n) is 1.98. The van der Waals surface area contributed by atoms with Gasteiger partial charge in [-0.25, -0.2) is 0 Å². The Morgan fingerprint density at radius 1 is 1.25 bits per heavy atom. The Morgan fingerprint density at radius 3 is 2.42 bits per heavy atom. The molecule has 0 spiro atoms. The van der Waals surface area contributed by atoms with Crippen LogP contribution < -0.4 is 5.32 Å². The molecule has 0 bridgehead atoms. The van der Waals surface area contributed by atoms with Crippen LogP contribution >= 0.6 is 0 Å². The van der Waals surface area contributed by atoms with Gasteiger partial charge >= 0.3 is 0 Å². The molecule has 2 heteroatoms. The summed E-state index contributed by atoms with van der Waals surface area (Å²) in [5.41, 5.74) is 3.14. The Balaban J connectivity index is 3.05. The van der Waals surface area contributed by atoms with E-state index in [1.54, 1.807) is 6.07 Å². The number of aromatic hydroxyl groups is 1. The van der Waals surface area contributed by atoms with Crippen LogP contribution in [0.4, 0.5) is 5.69 Å². The first-order chi connectivity index (χ1) is 5.65. The lowest BCUT2D eigenvalue weighted by molar-refractivity contribution is 0.476. The molecule has 0 aliphatic rings. The molecule has 1 rings (SSSR count). The molecule has 0 saturated carbocycles. The Bertz CT molecular complexity index is 281. The summed E-state index contributed by atoms with van der Waals surface area (Å²) < 4.78 is 0. The second-order valence-electron chi connectivity index (χ2n) is 2.98. The third kappa shape index (κ3) is 1.70. The zero-order chi connectivity index (χ0) is 9.14. The average Bonchev–Trinajstić information content (AvgIpc) is 2.01. The van der Waals surface area contributed by atoms with Crippen LogP contribution in [0.3, 0.4) is 0 Å². The normalized spacial score (nSPS) is 9.92. The largest absolute Gasteiger partial charge is 0.506 e. The predicted molar refractivity (Wildman–Crippen MR) is 51.7 cm³/mol. The van der Waals surface area contributed by atoms with Crippen molar-refractivity contribution in [3.63, 3.8) is 0 Å². The number of benzene rings is 1. The van der Waals surface area contributed by atoms with Gasteiger partial charge in [-0.05, 0) is 44.0 Å². The minimum absolute atomic E-state index is 0.333. The van der Waals surface area contributed by atoms with Crippen molar-refractivity contribution in [2.24, 2.45) is 0 Å². The number of nitrogens with one attached hydrogen (secondary N) is 1. The molecule has 1 aromatic rings. The molecule has 12 heavy (non-hydrogen) atoms. The van der Waals surface area contributed by atoms with Gasteiger partial charge in [0.2, 0.25) is 0 Å². The molecule has 66 valence electrons. The maximum Gasteiger partial charge on any atom is 0.138 e. The second-order valence-corrected chi connectivity index (χ2v) is 2.98. The van der Waals surface area contributed by atoms with Crippen molar-refractivity contribution in [3.05, 3.63) is 23.3 Å². The van der Waals surface area contributed by atoms with Crippen molar-refractivity contribution in [1.82, 2.24) is 0 Å². The molecule has 0 aliphatic carbocycles. The first-order valence-electron chi connectivity index (χ1n) is 4.19. The van der Waals surface area contributed by atoms with Gasteiger partial charge in [0, 0.05) is 6.54 Å². The lowest BCUT2D eigenvalue weighted by Crippen LogP contribution is -1.97. The number of rotatable bonds is 2. The van der Waals surface area contributed by atoms with Gasteiger partial charge in [-0.3, -0.25) is 0 Å². The number of hydrogen-bond acceptors (Lipinski definition) is 2. The minimum atomic E-state index is 0.333. The molecule has 1 aromatic carbocycles. The van der Waals surface area contributed by atoms with Crippen molar-refractivity contribution in [2.45, 2.75) is 20.8 Å². The molecule has 0 aromatic heterocycles. The molecule has 2 nitrogen and oxygen atoms in total. The third-order valence-corrected chi connectivity index (χ3v) is 1.98. The van der Waals surface area contributed by atoms with Crippen molar-refractivity contribution < 1.29 is 5.11 Å². The fourth-order valence-electron chi connectivity index (χ4n) is 1.13. The SMILES string of the molecule is CCNc1cc(C)c(C)cc1O. The van der Waals surface area contributed by atoms with E-state index in [-0.39, 0.29) is 0 Å². The van der Waals surface area contributed by atoms with Gasteiger partial charge in [-0.2, -0.15) is 0 Å². The van der Waals surface area contributed by atoms with E-state index in [2.05, 4.69) is 5.32 Å². The Kier molecular flexibility index (Phi) is 2.58. The summed E-state index contributed by atoms with van der Waals surface area (Å²) in [6.07, 6.45) is 0. The molecule has 0 unspecified atom stereocenters. The van der Waals surface area contributed by atoms with Crippen molar-refractivity contribution >= 4 is 5.69 Å². The van der Waals surface area contributed by atoms with E-state index in [1.807, 2.05) is 26.8 Å². The molecular formula is C10H15NO. The zero-order valence-corrected chi connectivity index (χ0v) is 7.81. The van der Waals surface area contributed by atoms with Crippen LogP contribution in [0.25, 0.3) is 0 Å². The van der Waals surface area contributed by atoms with Crippen molar-refractivity contribution in [2.75, 3.05) is 11.9 Å². The van der Waals surface area contributed by atoms with E-state index < -0.39 is 0 Å². The van der Waals surface area contributed by atoms with E-state index in [4.69, 9.17) is 0 Å². The predicted octanol–water partition coefficient (Wildman–Crippen LogP) is 2.44. The van der Waals surface area contributed by atoms with Crippen LogP contribution in [0.15, 0.2) is 12.1 Å². The zero-order valence-electron chi connectivity index (χ0n) is 7.81. The molecule has 0 atom stereocenters. The van der Waals surface area contributed by atoms with Crippen molar-refractivity contribution in [3.8, 4) is 5.75 Å². The highest BCUT2D eigenvalue weighted by Crippen LogP contribution is 2.26. The summed E-state index contributed by atoms with van der Waals surface area (Å²) in [4.78, 5) is 0. The van der Waals surface area contributed by atoms with Crippen LogP contribution in [0.2, 0.25) is 0 Å². The Morgan fingerprint density at radius 2 is 1.83 bits per heavy atom. The van der Waals surface area contributed by atoms with E-state index in [1.165, 1.54) is 5.56 Å². The van der Waals surface area contributed by atoms with Crippen LogP contribution in [0.1, 0.15) is 18.1 Å². The van der Waals surface area contributed by atoms with E-state index in [0.717, 1.165) is 17.8 Å². The first kappa shape index (κ1) is 8.91. The summed E-state index contributed by atoms with van der Waals surface area (Å²) in [6.45, 7) is 6.87. The van der Waals surface area contributed by atoms with Gasteiger partial charge < -0.3 is 10.4 Å². The number of anilines is 1. The molecule has 0 saturated heterocycles. The highest BCUT2D eigenvalue weighted by atomic mass is 16.3. The fraction of sp³-hybridized carbons (Fsp3) is 0.400. The summed E-state index contributed by atoms with van der Waals surface area (Å²) in [5, 5.41) is 12.6. The topological polar surface area (TPSA) is 32.3 Å². The highest BCUT2D eigenvalue weighted by molar-refractivity contribution is 5.59. The molecule has 0 heterocycles. The van der Waals surface area contributed by atoms with Gasteiger partial charge in [0.25, 0.3) is 0 Å². The maximum absolute atomic E-state index is 9.48. The summed E-state index contributed by atoms with van der Waals surface area (Å²) in [7, 11) is 0. The molecule has 0 radical (unpaired) electrons. The molecule has 2 N–H and O–H groups in total. The lowest BCUT2D eigenvalue weighted by atomic mass is 10.1. The van der Waals surface area contributed by atoms with E-state index in [0.29, 0.717) is 5.75 Å². The number of aryl methyl sites for hydroxylation is 2.